The van der Waals surface area contributed by atoms with E-state index in [9.17, 15) is 19.7 Å². The number of hydrogen-bond donors (Lipinski definition) is 1. The summed E-state index contributed by atoms with van der Waals surface area (Å²) in [4.78, 5) is 34.8. The molecule has 0 unspecified atom stereocenters. The Bertz CT molecular complexity index is 910. The fourth-order valence-electron chi connectivity index (χ4n) is 2.72. The Kier molecular flexibility index (Phi) is 7.30. The molecule has 0 aliphatic heterocycles. The lowest BCUT2D eigenvalue weighted by Gasteiger charge is -2.19. The average Bonchev–Trinajstić information content (AvgIpc) is 2.67. The number of carbonyl (C=O) groups excluding carboxylic acids is 2. The molecule has 8 heteroatoms. The quantitative estimate of drug-likeness (QED) is 0.408. The van der Waals surface area contributed by atoms with Gasteiger partial charge in [-0.2, -0.15) is 0 Å². The van der Waals surface area contributed by atoms with Gasteiger partial charge < -0.3 is 14.8 Å². The van der Waals surface area contributed by atoms with Crippen molar-refractivity contribution >= 4 is 23.3 Å². The molecule has 0 heterocycles. The largest absolute Gasteiger partial charge is 0.475 e. The van der Waals surface area contributed by atoms with Crippen LogP contribution >= 0.6 is 0 Å². The number of para-hydroxylation sites is 3. The number of nitrogens with one attached hydrogen (secondary N) is 1. The Labute approximate surface area is 169 Å². The number of anilines is 1. The SMILES string of the molecule is Cc1cccc(C(C)C)c1NC(=O)[C@H](C)OC(=O)COc1ccccc1[N+](=O)[O-]. The molecule has 2 aromatic rings. The highest BCUT2D eigenvalue weighted by Gasteiger charge is 2.22. The molecule has 1 N–H and O–H groups in total. The minimum atomic E-state index is -1.06. The van der Waals surface area contributed by atoms with Crippen molar-refractivity contribution in [2.24, 2.45) is 0 Å². The standard InChI is InChI=1S/C21H24N2O6/c1-13(2)16-9-7-8-14(3)20(16)22-21(25)15(4)29-19(24)12-28-18-11-6-5-10-17(18)23(26)27/h5-11,13,15H,12H2,1-4H3,(H,22,25)/t15-/m0/s1. The molecule has 0 saturated carbocycles. The number of benzene rings is 2. The van der Waals surface area contributed by atoms with E-state index >= 15 is 0 Å². The molecule has 0 fully saturated rings. The zero-order valence-electron chi connectivity index (χ0n) is 16.8. The highest BCUT2D eigenvalue weighted by molar-refractivity contribution is 5.96. The van der Waals surface area contributed by atoms with E-state index in [-0.39, 0.29) is 17.4 Å². The van der Waals surface area contributed by atoms with Gasteiger partial charge in [-0.3, -0.25) is 14.9 Å². The van der Waals surface area contributed by atoms with Crippen LogP contribution in [0.1, 0.15) is 37.8 Å². The summed E-state index contributed by atoms with van der Waals surface area (Å²) < 4.78 is 10.3. The molecule has 0 bridgehead atoms. The van der Waals surface area contributed by atoms with Gasteiger partial charge >= 0.3 is 11.7 Å². The normalized spacial score (nSPS) is 11.6. The summed E-state index contributed by atoms with van der Waals surface area (Å²) >= 11 is 0. The first-order valence-electron chi connectivity index (χ1n) is 9.16. The number of carbonyl (C=O) groups is 2. The van der Waals surface area contributed by atoms with Gasteiger partial charge in [-0.25, -0.2) is 4.79 Å². The van der Waals surface area contributed by atoms with Crippen molar-refractivity contribution < 1.29 is 24.0 Å². The number of nitro groups is 1. The summed E-state index contributed by atoms with van der Waals surface area (Å²) in [6, 6.07) is 11.4. The van der Waals surface area contributed by atoms with Crippen LogP contribution in [0.3, 0.4) is 0 Å². The summed E-state index contributed by atoms with van der Waals surface area (Å²) in [7, 11) is 0. The molecule has 0 saturated heterocycles. The molecule has 2 rings (SSSR count). The lowest BCUT2D eigenvalue weighted by molar-refractivity contribution is -0.385. The lowest BCUT2D eigenvalue weighted by atomic mass is 9.98. The fourth-order valence-corrected chi connectivity index (χ4v) is 2.72. The first-order chi connectivity index (χ1) is 13.7. The van der Waals surface area contributed by atoms with E-state index in [4.69, 9.17) is 9.47 Å². The first-order valence-corrected chi connectivity index (χ1v) is 9.16. The predicted octanol–water partition coefficient (Wildman–Crippen LogP) is 3.98. The zero-order valence-corrected chi connectivity index (χ0v) is 16.8. The minimum absolute atomic E-state index is 0.0481. The predicted molar refractivity (Wildman–Crippen MR) is 108 cm³/mol. The second kappa shape index (κ2) is 9.68. The Hall–Kier alpha value is -3.42. The van der Waals surface area contributed by atoms with Gasteiger partial charge in [0.05, 0.1) is 4.92 Å². The highest BCUT2D eigenvalue weighted by Crippen LogP contribution is 2.28. The van der Waals surface area contributed by atoms with Gasteiger partial charge in [-0.1, -0.05) is 44.2 Å². The lowest BCUT2D eigenvalue weighted by Crippen LogP contribution is -2.32. The van der Waals surface area contributed by atoms with Crippen LogP contribution in [-0.4, -0.2) is 29.5 Å². The fraction of sp³-hybridized carbons (Fsp3) is 0.333. The van der Waals surface area contributed by atoms with E-state index in [0.29, 0.717) is 5.69 Å². The average molecular weight is 400 g/mol. The van der Waals surface area contributed by atoms with Gasteiger partial charge in [0.2, 0.25) is 0 Å². The maximum absolute atomic E-state index is 12.5. The van der Waals surface area contributed by atoms with Crippen molar-refractivity contribution in [2.75, 3.05) is 11.9 Å². The molecular weight excluding hydrogens is 376 g/mol. The maximum atomic E-state index is 12.5. The van der Waals surface area contributed by atoms with Gasteiger partial charge in [0.25, 0.3) is 5.91 Å². The molecule has 154 valence electrons. The van der Waals surface area contributed by atoms with Crippen LogP contribution in [0.25, 0.3) is 0 Å². The van der Waals surface area contributed by atoms with Crippen LogP contribution in [0.4, 0.5) is 11.4 Å². The molecule has 8 nitrogen and oxygen atoms in total. The number of hydrogen-bond acceptors (Lipinski definition) is 6. The van der Waals surface area contributed by atoms with E-state index in [2.05, 4.69) is 5.32 Å². The minimum Gasteiger partial charge on any atom is -0.475 e. The topological polar surface area (TPSA) is 108 Å². The van der Waals surface area contributed by atoms with Crippen molar-refractivity contribution in [2.45, 2.75) is 39.7 Å². The molecule has 0 aliphatic carbocycles. The molecule has 1 atom stereocenters. The third-order valence-electron chi connectivity index (χ3n) is 4.26. The Morgan fingerprint density at radius 2 is 1.79 bits per heavy atom. The highest BCUT2D eigenvalue weighted by atomic mass is 16.6. The van der Waals surface area contributed by atoms with Gasteiger partial charge in [-0.15, -0.1) is 0 Å². The van der Waals surface area contributed by atoms with E-state index in [1.165, 1.54) is 25.1 Å². The van der Waals surface area contributed by atoms with Crippen molar-refractivity contribution in [3.8, 4) is 5.75 Å². The monoisotopic (exact) mass is 400 g/mol. The van der Waals surface area contributed by atoms with Gasteiger partial charge in [-0.05, 0) is 37.0 Å². The van der Waals surface area contributed by atoms with Gasteiger partial charge in [0.15, 0.2) is 18.5 Å². The number of rotatable bonds is 8. The summed E-state index contributed by atoms with van der Waals surface area (Å²) in [5.74, 6) is -1.12. The summed E-state index contributed by atoms with van der Waals surface area (Å²) in [6.07, 6.45) is -1.06. The molecule has 0 aliphatic rings. The van der Waals surface area contributed by atoms with Gasteiger partial charge in [0.1, 0.15) is 0 Å². The van der Waals surface area contributed by atoms with E-state index in [1.54, 1.807) is 6.07 Å². The van der Waals surface area contributed by atoms with E-state index < -0.39 is 29.5 Å². The molecule has 1 amide bonds. The van der Waals surface area contributed by atoms with Crippen LogP contribution in [0.15, 0.2) is 42.5 Å². The third kappa shape index (κ3) is 5.78. The Morgan fingerprint density at radius 1 is 1.10 bits per heavy atom. The number of esters is 1. The maximum Gasteiger partial charge on any atom is 0.344 e. The van der Waals surface area contributed by atoms with E-state index in [0.717, 1.165) is 11.1 Å². The number of ether oxygens (including phenoxy) is 2. The summed E-state index contributed by atoms with van der Waals surface area (Å²) in [5, 5.41) is 13.8. The number of aryl methyl sites for hydroxylation is 1. The number of amides is 1. The summed E-state index contributed by atoms with van der Waals surface area (Å²) in [6.45, 7) is 6.83. The third-order valence-corrected chi connectivity index (χ3v) is 4.26. The molecule has 0 radical (unpaired) electrons. The van der Waals surface area contributed by atoms with Crippen molar-refractivity contribution in [1.29, 1.82) is 0 Å². The van der Waals surface area contributed by atoms with Crippen molar-refractivity contribution in [3.05, 3.63) is 63.7 Å². The summed E-state index contributed by atoms with van der Waals surface area (Å²) in [5.41, 5.74) is 2.33. The van der Waals surface area contributed by atoms with Gasteiger partial charge in [0, 0.05) is 11.8 Å². The number of nitro benzene ring substituents is 1. The molecular formula is C21H24N2O6. The van der Waals surface area contributed by atoms with E-state index in [1.807, 2.05) is 39.0 Å². The zero-order chi connectivity index (χ0) is 21.6. The van der Waals surface area contributed by atoms with Crippen LogP contribution in [0, 0.1) is 17.0 Å². The molecule has 29 heavy (non-hydrogen) atoms. The Balaban J connectivity index is 1.97. The van der Waals surface area contributed by atoms with Crippen LogP contribution in [-0.2, 0) is 14.3 Å². The smallest absolute Gasteiger partial charge is 0.344 e. The number of nitrogens with zero attached hydrogens (tertiary/aromatic N) is 1. The molecule has 0 spiro atoms. The molecule has 0 aromatic heterocycles. The first kappa shape index (κ1) is 21.9. The van der Waals surface area contributed by atoms with Crippen LogP contribution in [0.5, 0.6) is 5.75 Å². The molecule has 2 aromatic carbocycles. The van der Waals surface area contributed by atoms with Crippen molar-refractivity contribution in [3.63, 3.8) is 0 Å². The van der Waals surface area contributed by atoms with Crippen LogP contribution in [0.2, 0.25) is 0 Å². The van der Waals surface area contributed by atoms with Crippen LogP contribution < -0.4 is 10.1 Å². The second-order valence-corrected chi connectivity index (χ2v) is 6.83. The second-order valence-electron chi connectivity index (χ2n) is 6.83. The Morgan fingerprint density at radius 3 is 2.45 bits per heavy atom. The van der Waals surface area contributed by atoms with Crippen molar-refractivity contribution in [1.82, 2.24) is 0 Å².